The van der Waals surface area contributed by atoms with Crippen molar-refractivity contribution in [1.29, 1.82) is 0 Å². The molecule has 1 aromatic heterocycles. The normalized spacial score (nSPS) is 19.4. The van der Waals surface area contributed by atoms with Crippen molar-refractivity contribution in [3.05, 3.63) is 30.1 Å². The van der Waals surface area contributed by atoms with Gasteiger partial charge < -0.3 is 9.63 Å². The highest BCUT2D eigenvalue weighted by atomic mass is 16.7. The van der Waals surface area contributed by atoms with E-state index in [2.05, 4.69) is 4.98 Å². The van der Waals surface area contributed by atoms with Crippen LogP contribution in [0.5, 0.6) is 0 Å². The van der Waals surface area contributed by atoms with Gasteiger partial charge in [-0.15, -0.1) is 0 Å². The zero-order chi connectivity index (χ0) is 11.4. The monoisotopic (exact) mass is 236 g/mol. The standard InChI is InChI=1S/C12H16N2O2.CH4/c1-16-14-8-4-12(10-15,5-9-14)11-2-6-13-7-3-11;/h2-3,6-7,10H,4-5,8-9H2,1H3;1H4. The van der Waals surface area contributed by atoms with Crippen molar-refractivity contribution < 1.29 is 9.63 Å². The summed E-state index contributed by atoms with van der Waals surface area (Å²) < 4.78 is 0. The van der Waals surface area contributed by atoms with E-state index in [9.17, 15) is 4.79 Å². The van der Waals surface area contributed by atoms with E-state index in [0.29, 0.717) is 0 Å². The van der Waals surface area contributed by atoms with Crippen molar-refractivity contribution in [2.75, 3.05) is 20.2 Å². The van der Waals surface area contributed by atoms with E-state index >= 15 is 0 Å². The summed E-state index contributed by atoms with van der Waals surface area (Å²) in [5.74, 6) is 0. The third-order valence-electron chi connectivity index (χ3n) is 3.35. The molecule has 0 atom stereocenters. The molecule has 1 aliphatic rings. The fourth-order valence-electron chi connectivity index (χ4n) is 2.23. The lowest BCUT2D eigenvalue weighted by Gasteiger charge is -2.37. The minimum absolute atomic E-state index is 0. The number of carbonyl (C=O) groups is 1. The summed E-state index contributed by atoms with van der Waals surface area (Å²) in [4.78, 5) is 20.6. The molecule has 1 saturated heterocycles. The lowest BCUT2D eigenvalue weighted by atomic mass is 9.75. The Morgan fingerprint density at radius 2 is 1.94 bits per heavy atom. The molecule has 0 amide bonds. The summed E-state index contributed by atoms with van der Waals surface area (Å²) in [5.41, 5.74) is 0.714. The number of nitrogens with zero attached hydrogens (tertiary/aromatic N) is 2. The van der Waals surface area contributed by atoms with Gasteiger partial charge in [0.05, 0.1) is 12.5 Å². The van der Waals surface area contributed by atoms with Crippen molar-refractivity contribution in [2.45, 2.75) is 25.7 Å². The number of aldehydes is 1. The van der Waals surface area contributed by atoms with E-state index in [-0.39, 0.29) is 12.8 Å². The topological polar surface area (TPSA) is 42.4 Å². The first-order valence-electron chi connectivity index (χ1n) is 5.47. The number of rotatable bonds is 3. The molecule has 0 N–H and O–H groups in total. The second kappa shape index (κ2) is 5.89. The summed E-state index contributed by atoms with van der Waals surface area (Å²) in [6.07, 6.45) is 6.16. The number of hydrogen-bond acceptors (Lipinski definition) is 4. The minimum Gasteiger partial charge on any atom is -0.302 e. The zero-order valence-corrected chi connectivity index (χ0v) is 9.43. The van der Waals surface area contributed by atoms with Gasteiger partial charge in [-0.3, -0.25) is 4.98 Å². The zero-order valence-electron chi connectivity index (χ0n) is 9.43. The Kier molecular flexibility index (Phi) is 4.78. The average Bonchev–Trinajstić information content (AvgIpc) is 2.40. The summed E-state index contributed by atoms with van der Waals surface area (Å²) in [7, 11) is 1.67. The van der Waals surface area contributed by atoms with E-state index < -0.39 is 0 Å². The highest BCUT2D eigenvalue weighted by molar-refractivity contribution is 5.68. The maximum absolute atomic E-state index is 11.4. The molecule has 0 aromatic carbocycles. The molecular formula is C13H20N2O2. The van der Waals surface area contributed by atoms with Crippen LogP contribution < -0.4 is 0 Å². The maximum Gasteiger partial charge on any atom is 0.130 e. The highest BCUT2D eigenvalue weighted by Gasteiger charge is 2.36. The molecule has 0 radical (unpaired) electrons. The van der Waals surface area contributed by atoms with Gasteiger partial charge in [0, 0.05) is 25.5 Å². The summed E-state index contributed by atoms with van der Waals surface area (Å²) in [6, 6.07) is 3.85. The summed E-state index contributed by atoms with van der Waals surface area (Å²) in [6.45, 7) is 1.58. The molecule has 4 nitrogen and oxygen atoms in total. The molecule has 4 heteroatoms. The van der Waals surface area contributed by atoms with E-state index in [1.807, 2.05) is 17.2 Å². The van der Waals surface area contributed by atoms with E-state index in [4.69, 9.17) is 4.84 Å². The van der Waals surface area contributed by atoms with Crippen LogP contribution in [0.25, 0.3) is 0 Å². The largest absolute Gasteiger partial charge is 0.302 e. The van der Waals surface area contributed by atoms with Crippen LogP contribution in [0.2, 0.25) is 0 Å². The number of carbonyl (C=O) groups excluding carboxylic acids is 1. The second-order valence-corrected chi connectivity index (χ2v) is 4.12. The lowest BCUT2D eigenvalue weighted by molar-refractivity contribution is -0.153. The Hall–Kier alpha value is -1.26. The molecule has 0 aliphatic carbocycles. The summed E-state index contributed by atoms with van der Waals surface area (Å²) >= 11 is 0. The predicted octanol–water partition coefficient (Wildman–Crippen LogP) is 1.81. The Morgan fingerprint density at radius 1 is 1.35 bits per heavy atom. The molecule has 17 heavy (non-hydrogen) atoms. The van der Waals surface area contributed by atoms with Gasteiger partial charge in [-0.2, -0.15) is 5.06 Å². The van der Waals surface area contributed by atoms with Gasteiger partial charge in [-0.1, -0.05) is 7.43 Å². The Morgan fingerprint density at radius 3 is 2.41 bits per heavy atom. The lowest BCUT2D eigenvalue weighted by Crippen LogP contribution is -2.43. The van der Waals surface area contributed by atoms with Gasteiger partial charge in [-0.05, 0) is 30.5 Å². The average molecular weight is 236 g/mol. The molecule has 0 saturated carbocycles. The second-order valence-electron chi connectivity index (χ2n) is 4.12. The quantitative estimate of drug-likeness (QED) is 0.751. The van der Waals surface area contributed by atoms with Gasteiger partial charge in [-0.25, -0.2) is 0 Å². The van der Waals surface area contributed by atoms with Crippen molar-refractivity contribution in [1.82, 2.24) is 10.0 Å². The van der Waals surface area contributed by atoms with Crippen LogP contribution in [-0.2, 0) is 15.0 Å². The molecule has 0 spiro atoms. The van der Waals surface area contributed by atoms with E-state index in [1.54, 1.807) is 19.5 Å². The van der Waals surface area contributed by atoms with Crippen molar-refractivity contribution in [2.24, 2.45) is 0 Å². The fourth-order valence-corrected chi connectivity index (χ4v) is 2.23. The molecule has 94 valence electrons. The van der Waals surface area contributed by atoms with Crippen LogP contribution >= 0.6 is 0 Å². The molecule has 1 aromatic rings. The molecule has 1 aliphatic heterocycles. The Bertz CT molecular complexity index is 346. The first-order valence-corrected chi connectivity index (χ1v) is 5.47. The fraction of sp³-hybridized carbons (Fsp3) is 0.538. The molecular weight excluding hydrogens is 216 g/mol. The minimum atomic E-state index is -0.349. The summed E-state index contributed by atoms with van der Waals surface area (Å²) in [5, 5.41) is 1.89. The Labute approximate surface area is 103 Å². The first kappa shape index (κ1) is 13.8. The molecule has 2 heterocycles. The van der Waals surface area contributed by atoms with Crippen LogP contribution in [-0.4, -0.2) is 36.5 Å². The maximum atomic E-state index is 11.4. The number of pyridine rings is 1. The third-order valence-corrected chi connectivity index (χ3v) is 3.35. The van der Waals surface area contributed by atoms with E-state index in [1.165, 1.54) is 0 Å². The number of piperidine rings is 1. The molecule has 0 unspecified atom stereocenters. The first-order chi connectivity index (χ1) is 7.80. The van der Waals surface area contributed by atoms with Crippen molar-refractivity contribution in [3.8, 4) is 0 Å². The van der Waals surface area contributed by atoms with Crippen LogP contribution in [0.15, 0.2) is 24.5 Å². The highest BCUT2D eigenvalue weighted by Crippen LogP contribution is 2.33. The van der Waals surface area contributed by atoms with Gasteiger partial charge in [0.25, 0.3) is 0 Å². The Balaban J connectivity index is 0.00000144. The third kappa shape index (κ3) is 2.70. The van der Waals surface area contributed by atoms with Crippen molar-refractivity contribution in [3.63, 3.8) is 0 Å². The van der Waals surface area contributed by atoms with Gasteiger partial charge >= 0.3 is 0 Å². The van der Waals surface area contributed by atoms with Crippen LogP contribution in [0.3, 0.4) is 0 Å². The van der Waals surface area contributed by atoms with Crippen LogP contribution in [0.4, 0.5) is 0 Å². The van der Waals surface area contributed by atoms with Crippen LogP contribution in [0, 0.1) is 0 Å². The van der Waals surface area contributed by atoms with Gasteiger partial charge in [0.15, 0.2) is 0 Å². The number of aromatic nitrogens is 1. The molecule has 1 fully saturated rings. The van der Waals surface area contributed by atoms with Crippen molar-refractivity contribution >= 4 is 6.29 Å². The van der Waals surface area contributed by atoms with Gasteiger partial charge in [0.1, 0.15) is 6.29 Å². The molecule has 2 rings (SSSR count). The smallest absolute Gasteiger partial charge is 0.130 e. The van der Waals surface area contributed by atoms with Gasteiger partial charge in [0.2, 0.25) is 0 Å². The van der Waals surface area contributed by atoms with Crippen LogP contribution in [0.1, 0.15) is 25.8 Å². The number of hydroxylamine groups is 2. The molecule has 0 bridgehead atoms. The number of hydrogen-bond donors (Lipinski definition) is 0. The predicted molar refractivity (Wildman–Crippen MR) is 66.5 cm³/mol. The SMILES string of the molecule is C.CON1CCC(C=O)(c2ccncc2)CC1. The van der Waals surface area contributed by atoms with E-state index in [0.717, 1.165) is 37.8 Å².